The van der Waals surface area contributed by atoms with Crippen molar-refractivity contribution >= 4 is 5.91 Å². The maximum absolute atomic E-state index is 11.6. The molecule has 2 N–H and O–H groups in total. The Morgan fingerprint density at radius 2 is 1.79 bits per heavy atom. The summed E-state index contributed by atoms with van der Waals surface area (Å²) in [5, 5.41) is 18.6. The lowest BCUT2D eigenvalue weighted by atomic mass is 9.83. The average Bonchev–Trinajstić information content (AvgIpc) is 2.40. The van der Waals surface area contributed by atoms with Crippen LogP contribution in [0, 0.1) is 5.92 Å². The van der Waals surface area contributed by atoms with Gasteiger partial charge in [0.05, 0.1) is 12.2 Å². The van der Waals surface area contributed by atoms with Gasteiger partial charge in [-0.1, -0.05) is 6.42 Å². The number of carbonyl (C=O) groups is 1. The molecular formula is C10H17NO3. The van der Waals surface area contributed by atoms with Gasteiger partial charge in [-0.3, -0.25) is 4.79 Å². The molecule has 80 valence electrons. The Balaban J connectivity index is 1.80. The van der Waals surface area contributed by atoms with Crippen LogP contribution < -0.4 is 0 Å². The van der Waals surface area contributed by atoms with Crippen LogP contribution in [0.4, 0.5) is 0 Å². The Morgan fingerprint density at radius 3 is 2.21 bits per heavy atom. The summed E-state index contributed by atoms with van der Waals surface area (Å²) in [4.78, 5) is 13.2. The minimum absolute atomic E-state index is 0.0882. The van der Waals surface area contributed by atoms with Crippen LogP contribution in [0.2, 0.25) is 0 Å². The number of hydrogen-bond acceptors (Lipinski definition) is 3. The summed E-state index contributed by atoms with van der Waals surface area (Å²) in [6.45, 7) is 0.597. The monoisotopic (exact) mass is 199 g/mol. The first-order valence-corrected chi connectivity index (χ1v) is 5.30. The summed E-state index contributed by atoms with van der Waals surface area (Å²) >= 11 is 0. The molecule has 1 saturated carbocycles. The third kappa shape index (κ3) is 1.91. The quantitative estimate of drug-likeness (QED) is 0.644. The number of likely N-dealkylation sites (tertiary alicyclic amines) is 1. The van der Waals surface area contributed by atoms with Gasteiger partial charge in [0.25, 0.3) is 0 Å². The summed E-state index contributed by atoms with van der Waals surface area (Å²) in [6, 6.07) is 0. The molecule has 0 unspecified atom stereocenters. The highest BCUT2D eigenvalue weighted by molar-refractivity contribution is 5.77. The molecule has 0 aromatic heterocycles. The van der Waals surface area contributed by atoms with Crippen LogP contribution >= 0.6 is 0 Å². The third-order valence-corrected chi connectivity index (χ3v) is 3.30. The van der Waals surface area contributed by atoms with E-state index in [2.05, 4.69) is 0 Å². The Morgan fingerprint density at radius 1 is 1.21 bits per heavy atom. The molecule has 0 spiro atoms. The van der Waals surface area contributed by atoms with Crippen molar-refractivity contribution in [3.05, 3.63) is 0 Å². The van der Waals surface area contributed by atoms with Crippen molar-refractivity contribution in [3.8, 4) is 0 Å². The zero-order valence-corrected chi connectivity index (χ0v) is 8.22. The van der Waals surface area contributed by atoms with Gasteiger partial charge < -0.3 is 15.1 Å². The molecule has 2 aliphatic rings. The number of carbonyl (C=O) groups excluding carboxylic acids is 1. The Bertz CT molecular complexity index is 217. The van der Waals surface area contributed by atoms with E-state index in [1.165, 1.54) is 6.42 Å². The number of amides is 1. The first kappa shape index (κ1) is 9.93. The average molecular weight is 199 g/mol. The molecule has 2 rings (SSSR count). The maximum atomic E-state index is 11.6. The predicted molar refractivity (Wildman–Crippen MR) is 50.6 cm³/mol. The van der Waals surface area contributed by atoms with Crippen molar-refractivity contribution in [2.75, 3.05) is 13.1 Å². The first-order valence-electron chi connectivity index (χ1n) is 5.30. The molecular weight excluding hydrogens is 182 g/mol. The maximum Gasteiger partial charge on any atom is 0.223 e. The fourth-order valence-electron chi connectivity index (χ4n) is 2.05. The number of aliphatic hydroxyl groups is 2. The van der Waals surface area contributed by atoms with Crippen LogP contribution in [0.15, 0.2) is 0 Å². The van der Waals surface area contributed by atoms with Crippen LogP contribution in [0.25, 0.3) is 0 Å². The second kappa shape index (κ2) is 3.87. The molecule has 0 aromatic rings. The molecule has 0 aromatic carbocycles. The van der Waals surface area contributed by atoms with Crippen LogP contribution in [0.1, 0.15) is 25.7 Å². The van der Waals surface area contributed by atoms with Crippen molar-refractivity contribution in [1.82, 2.24) is 4.90 Å². The molecule has 4 nitrogen and oxygen atoms in total. The molecule has 1 aliphatic carbocycles. The minimum atomic E-state index is -0.750. The molecule has 1 amide bonds. The molecule has 1 heterocycles. The van der Waals surface area contributed by atoms with Crippen molar-refractivity contribution < 1.29 is 15.0 Å². The molecule has 1 saturated heterocycles. The predicted octanol–water partition coefficient (Wildman–Crippen LogP) is -0.259. The van der Waals surface area contributed by atoms with E-state index >= 15 is 0 Å². The van der Waals surface area contributed by atoms with Gasteiger partial charge in [-0.15, -0.1) is 0 Å². The van der Waals surface area contributed by atoms with E-state index in [0.717, 1.165) is 12.8 Å². The molecule has 4 heteroatoms. The number of hydrogen-bond donors (Lipinski definition) is 2. The van der Waals surface area contributed by atoms with Crippen molar-refractivity contribution in [1.29, 1.82) is 0 Å². The number of rotatable bonds is 2. The second-order valence-electron chi connectivity index (χ2n) is 4.43. The van der Waals surface area contributed by atoms with Crippen LogP contribution in [0.5, 0.6) is 0 Å². The van der Waals surface area contributed by atoms with Gasteiger partial charge in [-0.25, -0.2) is 0 Å². The van der Waals surface area contributed by atoms with Gasteiger partial charge in [-0.05, 0) is 18.8 Å². The molecule has 2 fully saturated rings. The third-order valence-electron chi connectivity index (χ3n) is 3.30. The standard InChI is InChI=1S/C10H17NO3/c12-8-5-11(6-9(8)13)10(14)4-7-2-1-3-7/h7-9,12-13H,1-6H2/t8-,9+. The smallest absolute Gasteiger partial charge is 0.223 e. The van der Waals surface area contributed by atoms with E-state index in [0.29, 0.717) is 25.4 Å². The van der Waals surface area contributed by atoms with Gasteiger partial charge in [0, 0.05) is 19.5 Å². The normalized spacial score (nSPS) is 33.1. The Kier molecular flexibility index (Phi) is 2.74. The van der Waals surface area contributed by atoms with Gasteiger partial charge >= 0.3 is 0 Å². The van der Waals surface area contributed by atoms with E-state index in [4.69, 9.17) is 0 Å². The van der Waals surface area contributed by atoms with Crippen molar-refractivity contribution in [3.63, 3.8) is 0 Å². The number of aliphatic hydroxyl groups excluding tert-OH is 2. The van der Waals surface area contributed by atoms with Crippen LogP contribution in [-0.2, 0) is 4.79 Å². The van der Waals surface area contributed by atoms with Crippen molar-refractivity contribution in [2.45, 2.75) is 37.9 Å². The van der Waals surface area contributed by atoms with Crippen LogP contribution in [-0.4, -0.2) is 46.3 Å². The Labute approximate surface area is 83.5 Å². The first-order chi connectivity index (χ1) is 6.66. The largest absolute Gasteiger partial charge is 0.388 e. The van der Waals surface area contributed by atoms with Gasteiger partial charge in [0.1, 0.15) is 0 Å². The minimum Gasteiger partial charge on any atom is -0.388 e. The summed E-state index contributed by atoms with van der Waals surface area (Å²) < 4.78 is 0. The van der Waals surface area contributed by atoms with Crippen molar-refractivity contribution in [2.24, 2.45) is 5.92 Å². The SMILES string of the molecule is O=C(CC1CCC1)N1C[C@@H](O)[C@@H](O)C1. The molecule has 0 radical (unpaired) electrons. The van der Waals surface area contributed by atoms with E-state index in [1.54, 1.807) is 4.90 Å². The van der Waals surface area contributed by atoms with Crippen LogP contribution in [0.3, 0.4) is 0 Å². The lowest BCUT2D eigenvalue weighted by molar-refractivity contribution is -0.132. The van der Waals surface area contributed by atoms with E-state index in [-0.39, 0.29) is 5.91 Å². The summed E-state index contributed by atoms with van der Waals surface area (Å²) in [6.07, 6.45) is 2.65. The molecule has 0 bridgehead atoms. The van der Waals surface area contributed by atoms with E-state index < -0.39 is 12.2 Å². The molecule has 2 atom stereocenters. The lowest BCUT2D eigenvalue weighted by Crippen LogP contribution is -2.32. The van der Waals surface area contributed by atoms with Gasteiger partial charge in [0.15, 0.2) is 0 Å². The molecule has 1 aliphatic heterocycles. The number of β-amino-alcohol motifs (C(OH)–C–C–N with tert-alkyl or cyclic N) is 2. The topological polar surface area (TPSA) is 60.8 Å². The summed E-state index contributed by atoms with van der Waals surface area (Å²) in [7, 11) is 0. The van der Waals surface area contributed by atoms with E-state index in [9.17, 15) is 15.0 Å². The fourth-order valence-corrected chi connectivity index (χ4v) is 2.05. The van der Waals surface area contributed by atoms with E-state index in [1.807, 2.05) is 0 Å². The number of nitrogens with zero attached hydrogens (tertiary/aromatic N) is 1. The lowest BCUT2D eigenvalue weighted by Gasteiger charge is -2.26. The second-order valence-corrected chi connectivity index (χ2v) is 4.43. The van der Waals surface area contributed by atoms with Gasteiger partial charge in [0.2, 0.25) is 5.91 Å². The summed E-state index contributed by atoms with van der Waals surface area (Å²) in [5.41, 5.74) is 0. The molecule has 14 heavy (non-hydrogen) atoms. The summed E-state index contributed by atoms with van der Waals surface area (Å²) in [5.74, 6) is 0.641. The Hall–Kier alpha value is -0.610. The zero-order chi connectivity index (χ0) is 10.1. The fraction of sp³-hybridized carbons (Fsp3) is 0.900. The highest BCUT2D eigenvalue weighted by atomic mass is 16.3. The zero-order valence-electron chi connectivity index (χ0n) is 8.22. The van der Waals surface area contributed by atoms with Gasteiger partial charge in [-0.2, -0.15) is 0 Å². The highest BCUT2D eigenvalue weighted by Gasteiger charge is 2.33. The highest BCUT2D eigenvalue weighted by Crippen LogP contribution is 2.30.